The maximum atomic E-state index is 12.1. The van der Waals surface area contributed by atoms with Gasteiger partial charge in [-0.3, -0.25) is 9.05 Å². The molecule has 0 aromatic heterocycles. The number of hydrogen-bond donors (Lipinski definition) is 15. The molecule has 2 heterocycles. The number of aliphatic hydroxyl groups is 6. The smallest absolute Gasteiger partial charge is 0.394 e. The first kappa shape index (κ1) is 40.7. The normalized spacial score (nSPS) is 42.3. The molecule has 3 rings (SSSR count). The van der Waals surface area contributed by atoms with Crippen LogP contribution >= 0.6 is 15.6 Å². The average molecular weight is 744 g/mol. The Bertz CT molecular complexity index is 1250. The van der Waals surface area contributed by atoms with E-state index in [9.17, 15) is 59.3 Å². The van der Waals surface area contributed by atoms with Gasteiger partial charge in [0.15, 0.2) is 30.1 Å². The molecule has 0 amide bonds. The van der Waals surface area contributed by atoms with Gasteiger partial charge >= 0.3 is 15.6 Å². The van der Waals surface area contributed by atoms with Gasteiger partial charge in [0.2, 0.25) is 0 Å². The van der Waals surface area contributed by atoms with Crippen LogP contribution in [0.3, 0.4) is 0 Å². The first-order valence-corrected chi connectivity index (χ1v) is 17.1. The molecule has 2 aliphatic heterocycles. The second kappa shape index (κ2) is 15.7. The Balaban J connectivity index is 2.15. The van der Waals surface area contributed by atoms with Crippen LogP contribution in [0.1, 0.15) is 6.92 Å². The Kier molecular flexibility index (Phi) is 13.3. The monoisotopic (exact) mass is 743 g/mol. The van der Waals surface area contributed by atoms with Crippen molar-refractivity contribution in [3.63, 3.8) is 0 Å². The van der Waals surface area contributed by atoms with E-state index >= 15 is 0 Å². The lowest BCUT2D eigenvalue weighted by Gasteiger charge is -2.46. The van der Waals surface area contributed by atoms with E-state index in [1.54, 1.807) is 0 Å². The molecule has 1 saturated carbocycles. The number of aliphatic imine (C=N–C) groups is 2. The molecule has 25 nitrogen and oxygen atoms in total. The highest BCUT2D eigenvalue weighted by Crippen LogP contribution is 2.50. The fraction of sp³-hybridized carbons (Fsp3) is 0.905. The fourth-order valence-electron chi connectivity index (χ4n) is 5.80. The minimum Gasteiger partial charge on any atom is -0.394 e. The minimum atomic E-state index is -5.52. The van der Waals surface area contributed by atoms with Gasteiger partial charge in [-0.05, 0) is 14.0 Å². The highest BCUT2D eigenvalue weighted by Gasteiger charge is 2.64. The number of nitrogens with zero attached hydrogens (tertiary/aromatic N) is 2. The molecule has 0 radical (unpaired) electrons. The summed E-state index contributed by atoms with van der Waals surface area (Å²) in [5.74, 6) is -1.41. The Morgan fingerprint density at radius 1 is 0.812 bits per heavy atom. The van der Waals surface area contributed by atoms with Crippen molar-refractivity contribution >= 4 is 27.6 Å². The van der Waals surface area contributed by atoms with E-state index in [1.807, 2.05) is 0 Å². The van der Waals surface area contributed by atoms with Crippen LogP contribution in [0.15, 0.2) is 9.98 Å². The van der Waals surface area contributed by atoms with Crippen molar-refractivity contribution in [2.24, 2.45) is 32.9 Å². The van der Waals surface area contributed by atoms with E-state index in [0.717, 1.165) is 0 Å². The second-order valence-corrected chi connectivity index (χ2v) is 13.5. The van der Waals surface area contributed by atoms with Gasteiger partial charge < -0.3 is 97.4 Å². The summed E-state index contributed by atoms with van der Waals surface area (Å²) < 4.78 is 56.8. The summed E-state index contributed by atoms with van der Waals surface area (Å²) in [6.07, 6.45) is -20.5. The molecular weight excluding hydrogens is 700 g/mol. The highest BCUT2D eigenvalue weighted by atomic mass is 31.2. The predicted molar refractivity (Wildman–Crippen MR) is 156 cm³/mol. The number of guanidine groups is 2. The summed E-state index contributed by atoms with van der Waals surface area (Å²) in [5.41, 5.74) is 19.3. The van der Waals surface area contributed by atoms with Gasteiger partial charge in [-0.25, -0.2) is 19.1 Å². The molecule has 19 N–H and O–H groups in total. The van der Waals surface area contributed by atoms with Crippen LogP contribution in [-0.4, -0.2) is 174 Å². The van der Waals surface area contributed by atoms with Crippen molar-refractivity contribution in [1.29, 1.82) is 0 Å². The number of nitrogens with one attached hydrogen (secondary N) is 1. The molecule has 48 heavy (non-hydrogen) atoms. The number of phosphoric ester groups is 2. The summed E-state index contributed by atoms with van der Waals surface area (Å²) in [6.45, 7) is -0.911. The Morgan fingerprint density at radius 3 is 1.83 bits per heavy atom. The van der Waals surface area contributed by atoms with Crippen molar-refractivity contribution in [2.75, 3.05) is 20.3 Å². The number of likely N-dealkylation sites (N-methyl/N-ethyl adjacent to an activating group) is 1. The summed E-state index contributed by atoms with van der Waals surface area (Å²) in [5, 5.41) is 66.4. The van der Waals surface area contributed by atoms with E-state index in [-0.39, 0.29) is 0 Å². The van der Waals surface area contributed by atoms with Gasteiger partial charge in [0.1, 0.15) is 60.9 Å². The van der Waals surface area contributed by atoms with Gasteiger partial charge in [-0.2, -0.15) is 0 Å². The van der Waals surface area contributed by atoms with Crippen LogP contribution in [0.2, 0.25) is 0 Å². The van der Waals surface area contributed by atoms with Crippen molar-refractivity contribution in [1.82, 2.24) is 5.32 Å². The quantitative estimate of drug-likeness (QED) is 0.0473. The molecule has 1 aliphatic carbocycles. The molecule has 0 bridgehead atoms. The van der Waals surface area contributed by atoms with Gasteiger partial charge in [0.05, 0.1) is 25.4 Å². The number of aliphatic hydroxyl groups excluding tert-OH is 6. The van der Waals surface area contributed by atoms with Crippen LogP contribution in [0.4, 0.5) is 0 Å². The SMILES string of the molecule is CN[C@@H]1[C@H](O[C@H]2[C@H](O[C@H]3[C@H](O)[C@@H](OP(=O)(O)O)[C@H](N=C(N)N)[C@@H](O)[C@@H]3N=C(N)N)O[C@@H](C)[C@@]2(CO)OP(=O)(O)O)O[C@@H](CO)[C@H](O)[C@H]1O. The molecule has 27 heteroatoms. The molecule has 0 aromatic carbocycles. The Hall–Kier alpha value is -1.68. The van der Waals surface area contributed by atoms with Crippen LogP contribution in [0, 0.1) is 0 Å². The number of phosphoric acid groups is 2. The lowest BCUT2D eigenvalue weighted by atomic mass is 9.81. The van der Waals surface area contributed by atoms with Crippen molar-refractivity contribution in [3.05, 3.63) is 0 Å². The van der Waals surface area contributed by atoms with Crippen LogP contribution in [0.5, 0.6) is 0 Å². The average Bonchev–Trinajstić information content (AvgIpc) is 3.20. The topological polar surface area (TPSA) is 433 Å². The van der Waals surface area contributed by atoms with Gasteiger partial charge in [-0.1, -0.05) is 0 Å². The molecule has 3 aliphatic rings. The van der Waals surface area contributed by atoms with E-state index in [2.05, 4.69) is 15.3 Å². The molecule has 0 spiro atoms. The number of ether oxygens (including phenoxy) is 4. The third-order valence-electron chi connectivity index (χ3n) is 7.98. The van der Waals surface area contributed by atoms with Crippen LogP contribution in [-0.2, 0) is 37.1 Å². The number of nitrogens with two attached hydrogens (primary N) is 4. The predicted octanol–water partition coefficient (Wildman–Crippen LogP) is -8.13. The van der Waals surface area contributed by atoms with E-state index in [0.29, 0.717) is 0 Å². The summed E-state index contributed by atoms with van der Waals surface area (Å²) in [4.78, 5) is 46.2. The number of hydrogen-bond acceptors (Lipinski definition) is 17. The molecule has 2 saturated heterocycles. The summed E-state index contributed by atoms with van der Waals surface area (Å²) >= 11 is 0. The van der Waals surface area contributed by atoms with Crippen molar-refractivity contribution in [2.45, 2.75) is 98.2 Å². The van der Waals surface area contributed by atoms with Gasteiger partial charge in [-0.15, -0.1) is 0 Å². The minimum absolute atomic E-state index is 0.698. The van der Waals surface area contributed by atoms with E-state index < -0.39 is 132 Å². The van der Waals surface area contributed by atoms with Crippen LogP contribution < -0.4 is 28.3 Å². The van der Waals surface area contributed by atoms with Crippen molar-refractivity contribution < 1.29 is 87.3 Å². The molecule has 0 unspecified atom stereocenters. The zero-order valence-electron chi connectivity index (χ0n) is 25.3. The lowest BCUT2D eigenvalue weighted by Crippen LogP contribution is -2.67. The maximum absolute atomic E-state index is 12.1. The van der Waals surface area contributed by atoms with Gasteiger partial charge in [0, 0.05) is 0 Å². The van der Waals surface area contributed by atoms with Crippen LogP contribution in [0.25, 0.3) is 0 Å². The number of rotatable bonds is 13. The Labute approximate surface area is 271 Å². The molecule has 280 valence electrons. The summed E-state index contributed by atoms with van der Waals surface area (Å²) in [6, 6.07) is -4.93. The third kappa shape index (κ3) is 8.96. The zero-order valence-corrected chi connectivity index (χ0v) is 27.1. The Morgan fingerprint density at radius 2 is 1.38 bits per heavy atom. The maximum Gasteiger partial charge on any atom is 0.470 e. The van der Waals surface area contributed by atoms with E-state index in [4.69, 9.17) is 50.9 Å². The highest BCUT2D eigenvalue weighted by molar-refractivity contribution is 7.46. The standard InChI is InChI=1S/C21H43N7O18P2/c1-5-21(4-30,46-48(38,39)40)16(44-17-9(26-2)12(33)10(31)6(3-29)42-17)18(41-5)43-14-7(27-19(22)23)11(32)8(28-20(24)25)15(13(14)34)45-47(35,36)37/h5-18,26,29-34H,3-4H2,1-2H3,(H4,22,23,27)(H4,24,25,28)(H2,35,36,37)(H2,38,39,40)/t5-,6-,7-,8+,9-,10-,11-,12-,13-,14+,15-,16-,17-,18-,21+/m0/s1. The van der Waals surface area contributed by atoms with Gasteiger partial charge in [0.25, 0.3) is 0 Å². The molecule has 0 aromatic rings. The van der Waals surface area contributed by atoms with E-state index in [1.165, 1.54) is 14.0 Å². The molecule has 3 fully saturated rings. The summed E-state index contributed by atoms with van der Waals surface area (Å²) in [7, 11) is -9.66. The third-order valence-corrected chi connectivity index (χ3v) is 9.07. The first-order chi connectivity index (χ1) is 22.1. The first-order valence-electron chi connectivity index (χ1n) is 14.0. The van der Waals surface area contributed by atoms with Crippen molar-refractivity contribution in [3.8, 4) is 0 Å². The fourth-order valence-corrected chi connectivity index (χ4v) is 7.12. The molecular formula is C21H43N7O18P2. The molecule has 15 atom stereocenters. The zero-order chi connectivity index (χ0) is 36.5. The largest absolute Gasteiger partial charge is 0.470 e. The second-order valence-electron chi connectivity index (χ2n) is 11.2. The lowest BCUT2D eigenvalue weighted by molar-refractivity contribution is -0.316.